The number of piperidine rings is 1. The molecule has 4 heterocycles. The number of nitrogens with zero attached hydrogens (tertiary/aromatic N) is 5. The lowest BCUT2D eigenvalue weighted by Crippen LogP contribution is -2.48. The van der Waals surface area contributed by atoms with Crippen LogP contribution in [0.1, 0.15) is 38.9 Å². The van der Waals surface area contributed by atoms with Crippen molar-refractivity contribution in [3.8, 4) is 0 Å². The Labute approximate surface area is 175 Å². The molecule has 2 aromatic heterocycles. The minimum atomic E-state index is 0.0704. The van der Waals surface area contributed by atoms with Gasteiger partial charge in [-0.15, -0.1) is 10.2 Å². The summed E-state index contributed by atoms with van der Waals surface area (Å²) in [4.78, 5) is 16.9. The number of rotatable bonds is 6. The summed E-state index contributed by atoms with van der Waals surface area (Å²) in [5.41, 5.74) is 0. The molecule has 2 fully saturated rings. The van der Waals surface area contributed by atoms with E-state index in [4.69, 9.17) is 9.15 Å². The molecule has 29 heavy (non-hydrogen) atoms. The van der Waals surface area contributed by atoms with E-state index in [1.54, 1.807) is 6.26 Å². The van der Waals surface area contributed by atoms with Crippen molar-refractivity contribution in [2.45, 2.75) is 57.0 Å². The fraction of sp³-hybridized carbons (Fsp3) is 0.650. The minimum Gasteiger partial charge on any atom is -0.467 e. The third-order valence-corrected chi connectivity index (χ3v) is 6.28. The van der Waals surface area contributed by atoms with Crippen LogP contribution in [-0.4, -0.2) is 69.7 Å². The van der Waals surface area contributed by atoms with E-state index in [-0.39, 0.29) is 18.1 Å². The number of hydrogen-bond acceptors (Lipinski definition) is 7. The quantitative estimate of drug-likeness (QED) is 0.666. The Balaban J connectivity index is 1.47. The van der Waals surface area contributed by atoms with Crippen LogP contribution in [0.5, 0.6) is 0 Å². The summed E-state index contributed by atoms with van der Waals surface area (Å²) in [7, 11) is 0. The number of anilines is 1. The highest BCUT2D eigenvalue weighted by Crippen LogP contribution is 2.26. The van der Waals surface area contributed by atoms with Crippen molar-refractivity contribution in [1.82, 2.24) is 19.7 Å². The molecular formula is C20H29N5O3S. The van der Waals surface area contributed by atoms with Crippen LogP contribution in [0, 0.1) is 0 Å². The van der Waals surface area contributed by atoms with Gasteiger partial charge in [0.2, 0.25) is 11.9 Å². The second-order valence-electron chi connectivity index (χ2n) is 7.84. The molecule has 0 radical (unpaired) electrons. The lowest BCUT2D eigenvalue weighted by molar-refractivity contribution is -0.140. The van der Waals surface area contributed by atoms with Gasteiger partial charge in [0.1, 0.15) is 5.76 Å². The lowest BCUT2D eigenvalue weighted by Gasteiger charge is -2.35. The van der Waals surface area contributed by atoms with Crippen LogP contribution in [0.4, 0.5) is 5.95 Å². The molecule has 2 aliphatic rings. The number of furan rings is 1. The highest BCUT2D eigenvalue weighted by molar-refractivity contribution is 7.99. The zero-order valence-corrected chi connectivity index (χ0v) is 17.9. The maximum Gasteiger partial charge on any atom is 0.233 e. The summed E-state index contributed by atoms with van der Waals surface area (Å²) in [6.07, 6.45) is 5.42. The fourth-order valence-electron chi connectivity index (χ4n) is 4.01. The van der Waals surface area contributed by atoms with Crippen LogP contribution in [0.3, 0.4) is 0 Å². The van der Waals surface area contributed by atoms with Gasteiger partial charge in [-0.25, -0.2) is 0 Å². The van der Waals surface area contributed by atoms with Crippen LogP contribution in [0.2, 0.25) is 0 Å². The van der Waals surface area contributed by atoms with Gasteiger partial charge in [-0.2, -0.15) is 0 Å². The van der Waals surface area contributed by atoms with Gasteiger partial charge in [-0.1, -0.05) is 11.8 Å². The molecule has 9 heteroatoms. The number of amides is 1. The molecule has 2 saturated heterocycles. The largest absolute Gasteiger partial charge is 0.467 e. The first-order valence-electron chi connectivity index (χ1n) is 10.4. The topological polar surface area (TPSA) is 76.6 Å². The van der Waals surface area contributed by atoms with Gasteiger partial charge < -0.3 is 19.0 Å². The Morgan fingerprint density at radius 3 is 2.62 bits per heavy atom. The van der Waals surface area contributed by atoms with Crippen LogP contribution >= 0.6 is 11.8 Å². The van der Waals surface area contributed by atoms with E-state index in [2.05, 4.69) is 19.7 Å². The molecule has 2 aliphatic heterocycles. The smallest absolute Gasteiger partial charge is 0.233 e. The molecular weight excluding hydrogens is 390 g/mol. The molecule has 2 atom stereocenters. The molecule has 0 saturated carbocycles. The number of aromatic nitrogens is 3. The van der Waals surface area contributed by atoms with Gasteiger partial charge in [-0.3, -0.25) is 9.36 Å². The summed E-state index contributed by atoms with van der Waals surface area (Å²) >= 11 is 1.45. The Morgan fingerprint density at radius 2 is 1.93 bits per heavy atom. The van der Waals surface area contributed by atoms with Gasteiger partial charge in [0, 0.05) is 26.2 Å². The Morgan fingerprint density at radius 1 is 1.17 bits per heavy atom. The number of carbonyl (C=O) groups excluding carboxylic acids is 1. The molecule has 4 rings (SSSR count). The normalized spacial score (nSPS) is 22.8. The summed E-state index contributed by atoms with van der Waals surface area (Å²) in [6.45, 7) is 7.84. The number of carbonyl (C=O) groups is 1. The second kappa shape index (κ2) is 9.21. The molecule has 2 unspecified atom stereocenters. The monoisotopic (exact) mass is 419 g/mol. The molecule has 158 valence electrons. The fourth-order valence-corrected chi connectivity index (χ4v) is 4.85. The van der Waals surface area contributed by atoms with Crippen molar-refractivity contribution in [3.05, 3.63) is 24.2 Å². The highest BCUT2D eigenvalue weighted by Gasteiger charge is 2.27. The van der Waals surface area contributed by atoms with Crippen LogP contribution in [0.15, 0.2) is 28.0 Å². The van der Waals surface area contributed by atoms with Crippen molar-refractivity contribution >= 4 is 23.6 Å². The van der Waals surface area contributed by atoms with E-state index < -0.39 is 0 Å². The third kappa shape index (κ3) is 4.95. The van der Waals surface area contributed by atoms with Gasteiger partial charge in [0.25, 0.3) is 0 Å². The van der Waals surface area contributed by atoms with Gasteiger partial charge in [0.15, 0.2) is 5.16 Å². The first-order valence-corrected chi connectivity index (χ1v) is 11.4. The van der Waals surface area contributed by atoms with Crippen molar-refractivity contribution in [2.75, 3.05) is 36.8 Å². The summed E-state index contributed by atoms with van der Waals surface area (Å²) in [6, 6.07) is 3.84. The zero-order chi connectivity index (χ0) is 20.2. The second-order valence-corrected chi connectivity index (χ2v) is 8.78. The van der Waals surface area contributed by atoms with Crippen LogP contribution in [-0.2, 0) is 16.1 Å². The van der Waals surface area contributed by atoms with Crippen LogP contribution in [0.25, 0.3) is 0 Å². The average Bonchev–Trinajstić information content (AvgIpc) is 3.36. The van der Waals surface area contributed by atoms with E-state index in [1.165, 1.54) is 31.0 Å². The van der Waals surface area contributed by atoms with Crippen LogP contribution < -0.4 is 4.90 Å². The molecule has 2 aromatic rings. The predicted molar refractivity (Wildman–Crippen MR) is 111 cm³/mol. The third-order valence-electron chi connectivity index (χ3n) is 5.33. The van der Waals surface area contributed by atoms with Gasteiger partial charge in [-0.05, 0) is 45.2 Å². The van der Waals surface area contributed by atoms with Crippen molar-refractivity contribution in [2.24, 2.45) is 0 Å². The number of thioether (sulfide) groups is 1. The van der Waals surface area contributed by atoms with Gasteiger partial charge >= 0.3 is 0 Å². The lowest BCUT2D eigenvalue weighted by atomic mass is 10.1. The van der Waals surface area contributed by atoms with Gasteiger partial charge in [0.05, 0.1) is 30.8 Å². The first-order chi connectivity index (χ1) is 14.1. The number of morpholine rings is 1. The first kappa shape index (κ1) is 20.3. The highest BCUT2D eigenvalue weighted by atomic mass is 32.2. The SMILES string of the molecule is CC1CN(C(=O)CSc2nnc(N3CCCCC3)n2Cc2ccco2)CC(C)O1. The van der Waals surface area contributed by atoms with E-state index >= 15 is 0 Å². The van der Waals surface area contributed by atoms with Crippen molar-refractivity contribution in [3.63, 3.8) is 0 Å². The molecule has 0 aliphatic carbocycles. The molecule has 0 bridgehead atoms. The predicted octanol–water partition coefficient (Wildman–Crippen LogP) is 2.64. The zero-order valence-electron chi connectivity index (χ0n) is 17.1. The minimum absolute atomic E-state index is 0.0704. The maximum atomic E-state index is 12.8. The molecule has 0 spiro atoms. The Kier molecular flexibility index (Phi) is 6.44. The standard InChI is InChI=1S/C20H29N5O3S/c1-15-11-24(12-16(2)28-15)18(26)14-29-20-22-21-19(23-8-4-3-5-9-23)25(20)13-17-7-6-10-27-17/h6-7,10,15-16H,3-5,8-9,11-14H2,1-2H3. The van der Waals surface area contributed by atoms with Crippen molar-refractivity contribution in [1.29, 1.82) is 0 Å². The molecule has 0 aromatic carbocycles. The van der Waals surface area contributed by atoms with E-state index in [0.717, 1.165) is 30.0 Å². The Hall–Kier alpha value is -2.00. The average molecular weight is 420 g/mol. The summed E-state index contributed by atoms with van der Waals surface area (Å²) < 4.78 is 13.4. The van der Waals surface area contributed by atoms with E-state index in [1.807, 2.05) is 30.9 Å². The van der Waals surface area contributed by atoms with E-state index in [0.29, 0.717) is 25.4 Å². The number of ether oxygens (including phenoxy) is 1. The summed E-state index contributed by atoms with van der Waals surface area (Å²) in [5, 5.41) is 9.64. The van der Waals surface area contributed by atoms with E-state index in [9.17, 15) is 4.79 Å². The maximum absolute atomic E-state index is 12.8. The molecule has 8 nitrogen and oxygen atoms in total. The van der Waals surface area contributed by atoms with Crippen molar-refractivity contribution < 1.29 is 13.9 Å². The number of hydrogen-bond donors (Lipinski definition) is 0. The molecule has 1 amide bonds. The molecule has 0 N–H and O–H groups in total. The Bertz CT molecular complexity index is 793. The summed E-state index contributed by atoms with van der Waals surface area (Å²) in [5.74, 6) is 2.18.